The van der Waals surface area contributed by atoms with Crippen LogP contribution in [0.2, 0.25) is 0 Å². The Balaban J connectivity index is 1.05. The van der Waals surface area contributed by atoms with Crippen LogP contribution in [0.5, 0.6) is 0 Å². The fraction of sp³-hybridized carbons (Fsp3) is 0.0943. The molecule has 1 nitrogen and oxygen atoms in total. The lowest BCUT2D eigenvalue weighted by atomic mass is 9.67. The van der Waals surface area contributed by atoms with Gasteiger partial charge < -0.3 is 4.57 Å². The van der Waals surface area contributed by atoms with Gasteiger partial charge in [-0.25, -0.2) is 0 Å². The number of aromatic nitrogens is 1. The van der Waals surface area contributed by atoms with E-state index >= 15 is 0 Å². The molecule has 3 aliphatic carbocycles. The lowest BCUT2D eigenvalue weighted by molar-refractivity contribution is 0.723. The molecule has 2 aromatic heterocycles. The highest BCUT2D eigenvalue weighted by molar-refractivity contribution is 7.99. The molecule has 0 saturated carbocycles. The van der Waals surface area contributed by atoms with E-state index in [1.807, 2.05) is 23.1 Å². The lowest BCUT2D eigenvalue weighted by Crippen LogP contribution is -2.31. The van der Waals surface area contributed by atoms with Gasteiger partial charge in [0.25, 0.3) is 0 Å². The first-order valence-electron chi connectivity index (χ1n) is 19.8. The predicted octanol–water partition coefficient (Wildman–Crippen LogP) is 14.0. The van der Waals surface area contributed by atoms with Gasteiger partial charge in [0, 0.05) is 41.7 Å². The van der Waals surface area contributed by atoms with Gasteiger partial charge in [-0.1, -0.05) is 133 Å². The van der Waals surface area contributed by atoms with Crippen molar-refractivity contribution >= 4 is 66.6 Å². The molecular formula is C53H35NS2. The van der Waals surface area contributed by atoms with Gasteiger partial charge in [-0.3, -0.25) is 0 Å². The average molecular weight is 750 g/mol. The Bertz CT molecular complexity index is 3180. The monoisotopic (exact) mass is 749 g/mol. The van der Waals surface area contributed by atoms with E-state index in [2.05, 4.69) is 174 Å². The summed E-state index contributed by atoms with van der Waals surface area (Å²) in [5.74, 6) is 0.360. The van der Waals surface area contributed by atoms with Crippen molar-refractivity contribution in [2.45, 2.75) is 34.5 Å². The van der Waals surface area contributed by atoms with Gasteiger partial charge in [0.2, 0.25) is 0 Å². The number of rotatable bonds is 2. The van der Waals surface area contributed by atoms with Crippen LogP contribution in [-0.2, 0) is 18.3 Å². The molecule has 1 atom stereocenters. The SMILES string of the molecule is C1=CC(C2=CCCc3c2cccc3-n2c3ccccc3c3cc4c(cc32)C2(c3ccccc3Sc3ccccc32)c2ccccc2-4)Cc2c1sc1ccccc21. The van der Waals surface area contributed by atoms with Crippen molar-refractivity contribution in [3.8, 4) is 16.8 Å². The molecule has 7 aromatic carbocycles. The zero-order valence-electron chi connectivity index (χ0n) is 30.6. The summed E-state index contributed by atoms with van der Waals surface area (Å²) in [6.07, 6.45) is 10.5. The summed E-state index contributed by atoms with van der Waals surface area (Å²) in [6.45, 7) is 0. The quantitative estimate of drug-likeness (QED) is 0.170. The number of para-hydroxylation sites is 1. The molecule has 0 fully saturated rings. The van der Waals surface area contributed by atoms with Crippen molar-refractivity contribution in [3.05, 3.63) is 208 Å². The third kappa shape index (κ3) is 4.07. The maximum absolute atomic E-state index is 2.61. The molecule has 1 aliphatic heterocycles. The Hall–Kier alpha value is -5.87. The van der Waals surface area contributed by atoms with E-state index in [9.17, 15) is 0 Å². The smallest absolute Gasteiger partial charge is 0.0736 e. The van der Waals surface area contributed by atoms with E-state index in [4.69, 9.17) is 0 Å². The summed E-state index contributed by atoms with van der Waals surface area (Å²) in [4.78, 5) is 4.10. The van der Waals surface area contributed by atoms with Crippen LogP contribution in [0.4, 0.5) is 0 Å². The van der Waals surface area contributed by atoms with Crippen LogP contribution in [0, 0.1) is 5.92 Å². The topological polar surface area (TPSA) is 4.93 Å². The molecule has 56 heavy (non-hydrogen) atoms. The van der Waals surface area contributed by atoms with Crippen molar-refractivity contribution in [2.75, 3.05) is 0 Å². The van der Waals surface area contributed by atoms with Gasteiger partial charge in [-0.05, 0) is 129 Å². The summed E-state index contributed by atoms with van der Waals surface area (Å²) in [7, 11) is 0. The Labute approximate surface area is 334 Å². The van der Waals surface area contributed by atoms with Crippen LogP contribution >= 0.6 is 23.1 Å². The van der Waals surface area contributed by atoms with Crippen LogP contribution in [0.3, 0.4) is 0 Å². The first kappa shape index (κ1) is 31.3. The van der Waals surface area contributed by atoms with E-state index in [-0.39, 0.29) is 0 Å². The number of hydrogen-bond acceptors (Lipinski definition) is 2. The summed E-state index contributed by atoms with van der Waals surface area (Å²) in [5, 5.41) is 4.04. The number of fused-ring (bicyclic) bond motifs is 16. The number of thiophene rings is 1. The summed E-state index contributed by atoms with van der Waals surface area (Å²) in [5.41, 5.74) is 17.5. The second kappa shape index (κ2) is 11.6. The summed E-state index contributed by atoms with van der Waals surface area (Å²) in [6, 6.07) is 57.7. The minimum absolute atomic E-state index is 0.360. The zero-order valence-corrected chi connectivity index (χ0v) is 32.3. The van der Waals surface area contributed by atoms with Gasteiger partial charge in [0.05, 0.1) is 16.4 Å². The molecule has 9 aromatic rings. The van der Waals surface area contributed by atoms with Crippen LogP contribution in [0.25, 0.3) is 60.4 Å². The molecule has 1 spiro atoms. The van der Waals surface area contributed by atoms with Gasteiger partial charge >= 0.3 is 0 Å². The highest BCUT2D eigenvalue weighted by Gasteiger charge is 2.50. The molecule has 4 aliphatic rings. The highest BCUT2D eigenvalue weighted by atomic mass is 32.2. The van der Waals surface area contributed by atoms with E-state index < -0.39 is 5.41 Å². The van der Waals surface area contributed by atoms with Gasteiger partial charge in [-0.15, -0.1) is 11.3 Å². The second-order valence-corrected chi connectivity index (χ2v) is 17.9. The largest absolute Gasteiger partial charge is 0.309 e. The molecule has 264 valence electrons. The number of hydrogen-bond donors (Lipinski definition) is 0. The fourth-order valence-corrected chi connectivity index (χ4v) is 13.2. The van der Waals surface area contributed by atoms with E-state index in [0.717, 1.165) is 19.3 Å². The van der Waals surface area contributed by atoms with Crippen molar-refractivity contribution in [2.24, 2.45) is 5.92 Å². The third-order valence-electron chi connectivity index (χ3n) is 13.1. The standard InChI is InChI=1S/C53H35NS2/c1-4-19-42-35(13-1)39-30-40-37-14-2-7-22-46(37)54(48(40)31-45(39)53(42)43-20-5-9-25-51(43)56-52-26-10-6-21-44(52)53)47-23-12-17-34-33(16-11-18-36(34)47)32-27-28-50-41(29-32)38-15-3-8-24-49(38)55-50/h1-10,12-17,19-28,30-32H,11,18,29H2. The molecule has 13 rings (SSSR count). The number of nitrogens with zero attached hydrogens (tertiary/aromatic N) is 1. The molecule has 0 N–H and O–H groups in total. The van der Waals surface area contributed by atoms with Crippen molar-refractivity contribution in [1.29, 1.82) is 0 Å². The second-order valence-electron chi connectivity index (χ2n) is 15.8. The number of allylic oxidation sites excluding steroid dienone is 3. The molecule has 3 heteroatoms. The van der Waals surface area contributed by atoms with Crippen molar-refractivity contribution in [3.63, 3.8) is 0 Å². The molecule has 3 heterocycles. The first-order valence-corrected chi connectivity index (χ1v) is 21.5. The van der Waals surface area contributed by atoms with Crippen molar-refractivity contribution in [1.82, 2.24) is 4.57 Å². The van der Waals surface area contributed by atoms with E-state index in [1.165, 1.54) is 108 Å². The van der Waals surface area contributed by atoms with E-state index in [1.54, 1.807) is 0 Å². The Morgan fingerprint density at radius 2 is 1.27 bits per heavy atom. The molecule has 0 radical (unpaired) electrons. The Morgan fingerprint density at radius 1 is 0.554 bits per heavy atom. The molecular weight excluding hydrogens is 715 g/mol. The first-order chi connectivity index (χ1) is 27.8. The Kier molecular flexibility index (Phi) is 6.48. The lowest BCUT2D eigenvalue weighted by Gasteiger charge is -2.39. The normalized spacial score (nSPS) is 17.0. The minimum atomic E-state index is -0.413. The highest BCUT2D eigenvalue weighted by Crippen LogP contribution is 2.63. The van der Waals surface area contributed by atoms with E-state index in [0.29, 0.717) is 5.92 Å². The Morgan fingerprint density at radius 3 is 2.12 bits per heavy atom. The summed E-state index contributed by atoms with van der Waals surface area (Å²) >= 11 is 3.84. The van der Waals surface area contributed by atoms with Crippen LogP contribution in [0.15, 0.2) is 174 Å². The van der Waals surface area contributed by atoms with Gasteiger partial charge in [0.1, 0.15) is 0 Å². The van der Waals surface area contributed by atoms with Crippen molar-refractivity contribution < 1.29 is 0 Å². The molecule has 1 unspecified atom stereocenters. The molecule has 0 bridgehead atoms. The fourth-order valence-electron chi connectivity index (χ4n) is 10.9. The average Bonchev–Trinajstić information content (AvgIpc) is 3.89. The maximum atomic E-state index is 2.61. The summed E-state index contributed by atoms with van der Waals surface area (Å²) < 4.78 is 4.00. The van der Waals surface area contributed by atoms with Gasteiger partial charge in [-0.2, -0.15) is 0 Å². The molecule has 0 saturated heterocycles. The van der Waals surface area contributed by atoms with Gasteiger partial charge in [0.15, 0.2) is 0 Å². The predicted molar refractivity (Wildman–Crippen MR) is 237 cm³/mol. The minimum Gasteiger partial charge on any atom is -0.309 e. The number of benzene rings is 7. The zero-order chi connectivity index (χ0) is 36.5. The maximum Gasteiger partial charge on any atom is 0.0736 e. The van der Waals surface area contributed by atoms with Crippen LogP contribution < -0.4 is 0 Å². The van der Waals surface area contributed by atoms with Crippen LogP contribution in [0.1, 0.15) is 50.2 Å². The van der Waals surface area contributed by atoms with Crippen LogP contribution in [-0.4, -0.2) is 4.57 Å². The third-order valence-corrected chi connectivity index (χ3v) is 15.5. The molecule has 0 amide bonds.